The average Bonchev–Trinajstić information content (AvgIpc) is 2.88. The Hall–Kier alpha value is -2.43. The zero-order valence-electron chi connectivity index (χ0n) is 10.8. The van der Waals surface area contributed by atoms with Gasteiger partial charge in [-0.1, -0.05) is 30.3 Å². The Bertz CT molecular complexity index is 747. The van der Waals surface area contributed by atoms with Gasteiger partial charge in [-0.05, 0) is 6.07 Å². The summed E-state index contributed by atoms with van der Waals surface area (Å²) in [6.07, 6.45) is 3.14. The normalized spacial score (nSPS) is 15.6. The van der Waals surface area contributed by atoms with E-state index in [0.717, 1.165) is 17.1 Å². The van der Waals surface area contributed by atoms with Gasteiger partial charge in [0.25, 0.3) is 0 Å². The van der Waals surface area contributed by atoms with Gasteiger partial charge in [0.05, 0.1) is 18.8 Å². The molecule has 5 heteroatoms. The van der Waals surface area contributed by atoms with E-state index in [0.29, 0.717) is 18.9 Å². The van der Waals surface area contributed by atoms with Gasteiger partial charge in [-0.2, -0.15) is 4.98 Å². The van der Waals surface area contributed by atoms with Gasteiger partial charge in [-0.3, -0.25) is 4.40 Å². The van der Waals surface area contributed by atoms with Gasteiger partial charge in [-0.15, -0.1) is 0 Å². The van der Waals surface area contributed by atoms with E-state index in [1.807, 2.05) is 58.1 Å². The zero-order valence-corrected chi connectivity index (χ0v) is 10.8. The van der Waals surface area contributed by atoms with Crippen LogP contribution in [0, 0.1) is 0 Å². The second kappa shape index (κ2) is 4.30. The fraction of sp³-hybridized carbons (Fsp3) is 0.200. The molecule has 0 saturated carbocycles. The molecule has 4 rings (SSSR count). The van der Waals surface area contributed by atoms with Crippen LogP contribution in [0.5, 0.6) is 0 Å². The minimum Gasteiger partial charge on any atom is -0.350 e. The lowest BCUT2D eigenvalue weighted by Gasteiger charge is -2.35. The molecule has 3 heterocycles. The summed E-state index contributed by atoms with van der Waals surface area (Å²) < 4.78 is 14.8. The van der Waals surface area contributed by atoms with Crippen LogP contribution in [0.15, 0.2) is 48.8 Å². The van der Waals surface area contributed by atoms with Gasteiger partial charge in [0.1, 0.15) is 12.0 Å². The summed E-state index contributed by atoms with van der Waals surface area (Å²) in [7, 11) is 0. The lowest BCUT2D eigenvalue weighted by atomic mass is 10.2. The van der Waals surface area contributed by atoms with Gasteiger partial charge in [-0.25, -0.2) is 9.37 Å². The topological polar surface area (TPSA) is 33.4 Å². The van der Waals surface area contributed by atoms with Crippen molar-refractivity contribution in [1.82, 2.24) is 14.4 Å². The summed E-state index contributed by atoms with van der Waals surface area (Å²) in [5.41, 5.74) is 1.95. The van der Waals surface area contributed by atoms with Crippen LogP contribution in [0.25, 0.3) is 17.0 Å². The van der Waals surface area contributed by atoms with Crippen molar-refractivity contribution < 1.29 is 4.39 Å². The summed E-state index contributed by atoms with van der Waals surface area (Å²) in [6, 6.07) is 11.9. The number of halogens is 1. The molecule has 1 aliphatic rings. The summed E-state index contributed by atoms with van der Waals surface area (Å²) >= 11 is 0. The molecule has 3 aromatic rings. The van der Waals surface area contributed by atoms with E-state index >= 15 is 0 Å². The molecule has 4 nitrogen and oxygen atoms in total. The molecule has 1 fully saturated rings. The van der Waals surface area contributed by atoms with E-state index in [4.69, 9.17) is 0 Å². The number of fused-ring (bicyclic) bond motifs is 1. The van der Waals surface area contributed by atoms with Crippen molar-refractivity contribution >= 4 is 11.6 Å². The summed E-state index contributed by atoms with van der Waals surface area (Å²) in [5, 5.41) is 0. The lowest BCUT2D eigenvalue weighted by molar-refractivity contribution is 0.273. The molecule has 0 unspecified atom stereocenters. The smallest absolute Gasteiger partial charge is 0.236 e. The monoisotopic (exact) mass is 268 g/mol. The van der Waals surface area contributed by atoms with Gasteiger partial charge in [0.2, 0.25) is 5.78 Å². The van der Waals surface area contributed by atoms with Crippen molar-refractivity contribution in [3.05, 3.63) is 48.8 Å². The molecule has 1 saturated heterocycles. The van der Waals surface area contributed by atoms with Crippen molar-refractivity contribution in [2.75, 3.05) is 18.0 Å². The molecule has 0 N–H and O–H groups in total. The second-order valence-electron chi connectivity index (χ2n) is 4.99. The summed E-state index contributed by atoms with van der Waals surface area (Å²) in [6.45, 7) is 0.852. The van der Waals surface area contributed by atoms with Crippen LogP contribution < -0.4 is 4.90 Å². The van der Waals surface area contributed by atoms with Gasteiger partial charge in [0, 0.05) is 18.0 Å². The number of anilines is 1. The molecular formula is C15H13FN4. The fourth-order valence-electron chi connectivity index (χ4n) is 2.40. The van der Waals surface area contributed by atoms with Gasteiger partial charge < -0.3 is 4.90 Å². The number of aromatic nitrogens is 3. The number of rotatable bonds is 2. The van der Waals surface area contributed by atoms with E-state index in [1.54, 1.807) is 0 Å². The van der Waals surface area contributed by atoms with E-state index in [1.165, 1.54) is 0 Å². The quantitative estimate of drug-likeness (QED) is 0.716. The van der Waals surface area contributed by atoms with Crippen LogP contribution in [0.2, 0.25) is 0 Å². The average molecular weight is 268 g/mol. The van der Waals surface area contributed by atoms with Crippen LogP contribution in [0.3, 0.4) is 0 Å². The number of benzene rings is 1. The summed E-state index contributed by atoms with van der Waals surface area (Å²) in [5.74, 6) is 1.43. The third-order valence-corrected chi connectivity index (χ3v) is 3.54. The molecule has 0 aliphatic carbocycles. The first-order chi connectivity index (χ1) is 9.79. The number of nitrogens with zero attached hydrogens (tertiary/aromatic N) is 4. The Morgan fingerprint density at radius 2 is 1.85 bits per heavy atom. The van der Waals surface area contributed by atoms with E-state index in [-0.39, 0.29) is 0 Å². The van der Waals surface area contributed by atoms with Crippen molar-refractivity contribution in [2.24, 2.45) is 0 Å². The predicted molar refractivity (Wildman–Crippen MR) is 75.5 cm³/mol. The first-order valence-electron chi connectivity index (χ1n) is 6.60. The standard InChI is InChI=1S/C15H13FN4/c16-12-8-20(9-12)14-6-7-19-10-13(17-15(19)18-14)11-4-2-1-3-5-11/h1-7,10,12H,8-9H2. The minimum atomic E-state index is -0.729. The van der Waals surface area contributed by atoms with Gasteiger partial charge >= 0.3 is 0 Å². The third kappa shape index (κ3) is 1.82. The molecule has 0 amide bonds. The Kier molecular flexibility index (Phi) is 2.45. The van der Waals surface area contributed by atoms with Crippen LogP contribution in [0.1, 0.15) is 0 Å². The first-order valence-corrected chi connectivity index (χ1v) is 6.60. The van der Waals surface area contributed by atoms with Gasteiger partial charge in [0.15, 0.2) is 0 Å². The Labute approximate surface area is 115 Å². The molecule has 0 bridgehead atoms. The molecule has 1 aliphatic heterocycles. The molecule has 100 valence electrons. The third-order valence-electron chi connectivity index (χ3n) is 3.54. The molecule has 0 atom stereocenters. The van der Waals surface area contributed by atoms with E-state index in [2.05, 4.69) is 9.97 Å². The van der Waals surface area contributed by atoms with E-state index < -0.39 is 6.17 Å². The SMILES string of the molecule is FC1CN(c2ccn3cc(-c4ccccc4)nc3n2)C1. The molecule has 0 spiro atoms. The zero-order chi connectivity index (χ0) is 13.5. The van der Waals surface area contributed by atoms with Crippen LogP contribution in [-0.4, -0.2) is 33.6 Å². The predicted octanol–water partition coefficient (Wildman–Crippen LogP) is 2.55. The minimum absolute atomic E-state index is 0.426. The van der Waals surface area contributed by atoms with Crippen LogP contribution in [-0.2, 0) is 0 Å². The number of alkyl halides is 1. The number of imidazole rings is 1. The summed E-state index contributed by atoms with van der Waals surface area (Å²) in [4.78, 5) is 10.9. The maximum atomic E-state index is 12.9. The highest BCUT2D eigenvalue weighted by Gasteiger charge is 2.27. The molecular weight excluding hydrogens is 255 g/mol. The first kappa shape index (κ1) is 11.4. The maximum Gasteiger partial charge on any atom is 0.236 e. The maximum absolute atomic E-state index is 12.9. The van der Waals surface area contributed by atoms with Crippen LogP contribution in [0.4, 0.5) is 10.2 Å². The number of hydrogen-bond acceptors (Lipinski definition) is 3. The van der Waals surface area contributed by atoms with Crippen molar-refractivity contribution in [1.29, 1.82) is 0 Å². The highest BCUT2D eigenvalue weighted by molar-refractivity contribution is 5.62. The highest BCUT2D eigenvalue weighted by Crippen LogP contribution is 2.22. The van der Waals surface area contributed by atoms with Crippen LogP contribution >= 0.6 is 0 Å². The lowest BCUT2D eigenvalue weighted by Crippen LogP contribution is -2.48. The number of hydrogen-bond donors (Lipinski definition) is 0. The largest absolute Gasteiger partial charge is 0.350 e. The Balaban J connectivity index is 1.73. The fourth-order valence-corrected chi connectivity index (χ4v) is 2.40. The molecule has 20 heavy (non-hydrogen) atoms. The molecule has 1 aromatic carbocycles. The van der Waals surface area contributed by atoms with Crippen molar-refractivity contribution in [3.63, 3.8) is 0 Å². The highest BCUT2D eigenvalue weighted by atomic mass is 19.1. The molecule has 0 radical (unpaired) electrons. The Morgan fingerprint density at radius 1 is 1.05 bits per heavy atom. The van der Waals surface area contributed by atoms with Crippen molar-refractivity contribution in [2.45, 2.75) is 6.17 Å². The molecule has 2 aromatic heterocycles. The Morgan fingerprint density at radius 3 is 2.60 bits per heavy atom. The second-order valence-corrected chi connectivity index (χ2v) is 4.99. The van der Waals surface area contributed by atoms with Crippen molar-refractivity contribution in [3.8, 4) is 11.3 Å². The van der Waals surface area contributed by atoms with E-state index in [9.17, 15) is 4.39 Å².